The van der Waals surface area contributed by atoms with Gasteiger partial charge in [-0.05, 0) is 42.7 Å². The zero-order valence-electron chi connectivity index (χ0n) is 11.8. The van der Waals surface area contributed by atoms with Crippen molar-refractivity contribution in [1.82, 2.24) is 0 Å². The van der Waals surface area contributed by atoms with Gasteiger partial charge in [-0.3, -0.25) is 0 Å². The number of rotatable bonds is 3. The molecule has 2 aromatic carbocycles. The minimum Gasteiger partial charge on any atom is -0.405 e. The fraction of sp³-hybridized carbons (Fsp3) is 0.250. The minimum absolute atomic E-state index is 0.0237. The van der Waals surface area contributed by atoms with Crippen LogP contribution in [-0.2, 0) is 6.54 Å². The van der Waals surface area contributed by atoms with Crippen LogP contribution in [0.1, 0.15) is 16.7 Å². The zero-order valence-corrected chi connectivity index (χ0v) is 11.8. The number of aryl methyl sites for hydroxylation is 2. The fourth-order valence-electron chi connectivity index (χ4n) is 2.18. The molecule has 2 N–H and O–H groups in total. The van der Waals surface area contributed by atoms with Crippen molar-refractivity contribution in [3.8, 4) is 16.9 Å². The van der Waals surface area contributed by atoms with E-state index in [-0.39, 0.29) is 12.3 Å². The Morgan fingerprint density at radius 2 is 1.76 bits per heavy atom. The van der Waals surface area contributed by atoms with E-state index < -0.39 is 6.36 Å². The molecule has 0 saturated heterocycles. The van der Waals surface area contributed by atoms with E-state index >= 15 is 0 Å². The van der Waals surface area contributed by atoms with E-state index in [1.54, 1.807) is 12.1 Å². The molecule has 0 fully saturated rings. The second-order valence-electron chi connectivity index (χ2n) is 4.89. The van der Waals surface area contributed by atoms with Crippen LogP contribution in [-0.4, -0.2) is 6.36 Å². The first kappa shape index (κ1) is 15.4. The van der Waals surface area contributed by atoms with Gasteiger partial charge in [-0.1, -0.05) is 29.8 Å². The van der Waals surface area contributed by atoms with E-state index in [0.717, 1.165) is 22.3 Å². The highest BCUT2D eigenvalue weighted by atomic mass is 19.4. The Hall–Kier alpha value is -2.01. The lowest BCUT2D eigenvalue weighted by Crippen LogP contribution is -2.18. The van der Waals surface area contributed by atoms with Gasteiger partial charge in [0.15, 0.2) is 0 Å². The van der Waals surface area contributed by atoms with Gasteiger partial charge in [-0.25, -0.2) is 0 Å². The molecule has 0 bridgehead atoms. The van der Waals surface area contributed by atoms with Gasteiger partial charge in [-0.2, -0.15) is 0 Å². The van der Waals surface area contributed by atoms with Crippen LogP contribution >= 0.6 is 0 Å². The van der Waals surface area contributed by atoms with E-state index in [4.69, 9.17) is 5.73 Å². The smallest absolute Gasteiger partial charge is 0.405 e. The summed E-state index contributed by atoms with van der Waals surface area (Å²) < 4.78 is 41.0. The van der Waals surface area contributed by atoms with Crippen molar-refractivity contribution in [2.24, 2.45) is 5.73 Å². The number of alkyl halides is 3. The second-order valence-corrected chi connectivity index (χ2v) is 4.89. The van der Waals surface area contributed by atoms with Crippen molar-refractivity contribution >= 4 is 0 Å². The molecular weight excluding hydrogens is 279 g/mol. The largest absolute Gasteiger partial charge is 0.573 e. The molecule has 112 valence electrons. The molecule has 0 spiro atoms. The Morgan fingerprint density at radius 1 is 1.05 bits per heavy atom. The van der Waals surface area contributed by atoms with Gasteiger partial charge in [-0.15, -0.1) is 13.2 Å². The van der Waals surface area contributed by atoms with E-state index in [0.29, 0.717) is 5.56 Å². The number of benzene rings is 2. The Bertz CT molecular complexity index is 650. The molecule has 2 aromatic rings. The summed E-state index contributed by atoms with van der Waals surface area (Å²) in [6, 6.07) is 10.5. The Kier molecular flexibility index (Phi) is 4.23. The maximum atomic E-state index is 12.3. The number of halogens is 3. The van der Waals surface area contributed by atoms with E-state index in [1.165, 1.54) is 6.07 Å². The first-order chi connectivity index (χ1) is 9.80. The minimum atomic E-state index is -4.72. The molecule has 5 heteroatoms. The highest BCUT2D eigenvalue weighted by Gasteiger charge is 2.32. The monoisotopic (exact) mass is 295 g/mol. The van der Waals surface area contributed by atoms with Crippen molar-refractivity contribution in [3.63, 3.8) is 0 Å². The highest BCUT2D eigenvalue weighted by Crippen LogP contribution is 2.32. The maximum absolute atomic E-state index is 12.3. The lowest BCUT2D eigenvalue weighted by molar-refractivity contribution is -0.274. The van der Waals surface area contributed by atoms with Crippen molar-refractivity contribution in [2.75, 3.05) is 0 Å². The van der Waals surface area contributed by atoms with Gasteiger partial charge >= 0.3 is 6.36 Å². The average molecular weight is 295 g/mol. The summed E-state index contributed by atoms with van der Waals surface area (Å²) in [4.78, 5) is 0. The normalized spacial score (nSPS) is 11.5. The molecule has 2 rings (SSSR count). The summed E-state index contributed by atoms with van der Waals surface area (Å²) in [5, 5.41) is 0. The van der Waals surface area contributed by atoms with E-state index in [9.17, 15) is 13.2 Å². The summed E-state index contributed by atoms with van der Waals surface area (Å²) in [7, 11) is 0. The van der Waals surface area contributed by atoms with Crippen LogP contribution in [0.2, 0.25) is 0 Å². The molecule has 0 radical (unpaired) electrons. The van der Waals surface area contributed by atoms with Gasteiger partial charge < -0.3 is 10.5 Å². The van der Waals surface area contributed by atoms with Crippen LogP contribution in [0.5, 0.6) is 5.75 Å². The molecule has 0 unspecified atom stereocenters. The lowest BCUT2D eigenvalue weighted by atomic mass is 9.97. The van der Waals surface area contributed by atoms with Crippen molar-refractivity contribution < 1.29 is 17.9 Å². The third-order valence-electron chi connectivity index (χ3n) is 3.21. The summed E-state index contributed by atoms with van der Waals surface area (Å²) in [6.07, 6.45) is -4.72. The molecule has 0 amide bonds. The fourth-order valence-corrected chi connectivity index (χ4v) is 2.18. The number of ether oxygens (including phenoxy) is 1. The Morgan fingerprint density at radius 3 is 2.38 bits per heavy atom. The summed E-state index contributed by atoms with van der Waals surface area (Å²) in [5.74, 6) is -0.251. The van der Waals surface area contributed by atoms with Crippen molar-refractivity contribution in [1.29, 1.82) is 0 Å². The van der Waals surface area contributed by atoms with Crippen LogP contribution in [0.4, 0.5) is 13.2 Å². The first-order valence-corrected chi connectivity index (χ1v) is 6.46. The van der Waals surface area contributed by atoms with Gasteiger partial charge in [0.05, 0.1) is 0 Å². The molecule has 0 heterocycles. The van der Waals surface area contributed by atoms with Gasteiger partial charge in [0.1, 0.15) is 5.75 Å². The van der Waals surface area contributed by atoms with E-state index in [1.807, 2.05) is 32.0 Å². The SMILES string of the molecule is Cc1ccc(C)c(-c2ccc(OC(F)(F)F)c(CN)c2)c1. The summed E-state index contributed by atoms with van der Waals surface area (Å²) in [6.45, 7) is 3.90. The summed E-state index contributed by atoms with van der Waals surface area (Å²) >= 11 is 0. The number of hydrogen-bond acceptors (Lipinski definition) is 2. The highest BCUT2D eigenvalue weighted by molar-refractivity contribution is 5.69. The predicted octanol–water partition coefficient (Wildman–Crippen LogP) is 4.33. The molecule has 0 aliphatic carbocycles. The molecule has 21 heavy (non-hydrogen) atoms. The summed E-state index contributed by atoms with van der Waals surface area (Å²) in [5.41, 5.74) is 9.80. The quantitative estimate of drug-likeness (QED) is 0.914. The second kappa shape index (κ2) is 5.77. The number of nitrogens with two attached hydrogens (primary N) is 1. The van der Waals surface area contributed by atoms with E-state index in [2.05, 4.69) is 4.74 Å². The van der Waals surface area contributed by atoms with Crippen LogP contribution in [0.3, 0.4) is 0 Å². The van der Waals surface area contributed by atoms with Crippen LogP contribution in [0, 0.1) is 13.8 Å². The van der Waals surface area contributed by atoms with Crippen LogP contribution in [0.15, 0.2) is 36.4 Å². The molecule has 0 saturated carbocycles. The van der Waals surface area contributed by atoms with Crippen molar-refractivity contribution in [2.45, 2.75) is 26.8 Å². The molecule has 0 aliphatic heterocycles. The topological polar surface area (TPSA) is 35.2 Å². The van der Waals surface area contributed by atoms with Gasteiger partial charge in [0, 0.05) is 12.1 Å². The zero-order chi connectivity index (χ0) is 15.6. The standard InChI is InChI=1S/C16H16F3NO/c1-10-3-4-11(2)14(7-10)12-5-6-15(13(8-12)9-20)21-16(17,18)19/h3-8H,9,20H2,1-2H3. The number of hydrogen-bond donors (Lipinski definition) is 1. The first-order valence-electron chi connectivity index (χ1n) is 6.46. The lowest BCUT2D eigenvalue weighted by Gasteiger charge is -2.15. The van der Waals surface area contributed by atoms with Crippen molar-refractivity contribution in [3.05, 3.63) is 53.1 Å². The Balaban J connectivity index is 2.46. The Labute approximate surface area is 121 Å². The molecular formula is C16H16F3NO. The van der Waals surface area contributed by atoms with Gasteiger partial charge in [0.25, 0.3) is 0 Å². The van der Waals surface area contributed by atoms with Gasteiger partial charge in [0.2, 0.25) is 0 Å². The maximum Gasteiger partial charge on any atom is 0.573 e. The molecule has 0 aromatic heterocycles. The molecule has 0 atom stereocenters. The molecule has 0 aliphatic rings. The average Bonchev–Trinajstić information content (AvgIpc) is 2.40. The van der Waals surface area contributed by atoms with Crippen LogP contribution in [0.25, 0.3) is 11.1 Å². The third-order valence-corrected chi connectivity index (χ3v) is 3.21. The predicted molar refractivity (Wildman–Crippen MR) is 75.9 cm³/mol. The molecule has 2 nitrogen and oxygen atoms in total. The van der Waals surface area contributed by atoms with Crippen LogP contribution < -0.4 is 10.5 Å². The third kappa shape index (κ3) is 3.76.